The molecule has 0 spiro atoms. The zero-order valence-electron chi connectivity index (χ0n) is 13.0. The first-order valence-corrected chi connectivity index (χ1v) is 7.31. The maximum atomic E-state index is 10.7. The number of nitrogens with one attached hydrogen (secondary N) is 1. The molecule has 0 aliphatic heterocycles. The number of non-ortho nitro benzene ring substituents is 1. The molecule has 2 aromatic rings. The van der Waals surface area contributed by atoms with Crippen LogP contribution in [0.4, 0.5) is 5.69 Å². The van der Waals surface area contributed by atoms with E-state index in [-0.39, 0.29) is 5.69 Å². The minimum atomic E-state index is -0.405. The van der Waals surface area contributed by atoms with Crippen LogP contribution in [0.3, 0.4) is 0 Å². The highest BCUT2D eigenvalue weighted by molar-refractivity contribution is 5.59. The van der Waals surface area contributed by atoms with Gasteiger partial charge in [0.05, 0.1) is 18.0 Å². The molecule has 1 aromatic carbocycles. The van der Waals surface area contributed by atoms with Crippen molar-refractivity contribution in [2.45, 2.75) is 20.4 Å². The lowest BCUT2D eigenvalue weighted by atomic mass is 10.1. The summed E-state index contributed by atoms with van der Waals surface area (Å²) in [7, 11) is 0. The van der Waals surface area contributed by atoms with E-state index in [1.165, 1.54) is 17.0 Å². The third kappa shape index (κ3) is 4.05. The Balaban J connectivity index is 2.10. The zero-order chi connectivity index (χ0) is 16.1. The van der Waals surface area contributed by atoms with Crippen molar-refractivity contribution in [1.82, 2.24) is 0 Å². The Morgan fingerprint density at radius 3 is 2.50 bits per heavy atom. The predicted octanol–water partition coefficient (Wildman–Crippen LogP) is 2.84. The summed E-state index contributed by atoms with van der Waals surface area (Å²) in [6, 6.07) is 10.3. The smallest absolute Gasteiger partial charge is 0.269 e. The summed E-state index contributed by atoms with van der Waals surface area (Å²) in [6.45, 7) is 10.8. The summed E-state index contributed by atoms with van der Waals surface area (Å²) < 4.78 is 5.86. The van der Waals surface area contributed by atoms with Crippen LogP contribution < -0.4 is 4.90 Å². The van der Waals surface area contributed by atoms with E-state index < -0.39 is 4.92 Å². The van der Waals surface area contributed by atoms with Crippen LogP contribution in [0.5, 0.6) is 0 Å². The molecule has 5 heteroatoms. The topological polar surface area (TPSA) is 60.7 Å². The minimum absolute atomic E-state index is 0.0820. The van der Waals surface area contributed by atoms with Crippen LogP contribution in [-0.4, -0.2) is 18.0 Å². The van der Waals surface area contributed by atoms with Gasteiger partial charge in [-0.25, -0.2) is 0 Å². The largest absolute Gasteiger partial charge is 0.455 e. The number of nitrogens with zero attached hydrogens (tertiary/aromatic N) is 1. The maximum Gasteiger partial charge on any atom is 0.269 e. The molecule has 1 unspecified atom stereocenters. The average molecular weight is 301 g/mol. The number of nitro groups is 1. The van der Waals surface area contributed by atoms with E-state index in [2.05, 4.69) is 13.5 Å². The fourth-order valence-corrected chi connectivity index (χ4v) is 2.36. The molecule has 0 saturated heterocycles. The molecule has 1 atom stereocenters. The van der Waals surface area contributed by atoms with Gasteiger partial charge < -0.3 is 9.32 Å². The average Bonchev–Trinajstić information content (AvgIpc) is 2.94. The second-order valence-corrected chi connectivity index (χ2v) is 5.48. The Kier molecular flexibility index (Phi) is 5.12. The Labute approximate surface area is 130 Å². The van der Waals surface area contributed by atoms with Gasteiger partial charge in [0.15, 0.2) is 5.76 Å². The first-order chi connectivity index (χ1) is 10.5. The first-order valence-electron chi connectivity index (χ1n) is 7.31. The summed E-state index contributed by atoms with van der Waals surface area (Å²) >= 11 is 0. The number of hydrogen-bond acceptors (Lipinski definition) is 3. The Hall–Kier alpha value is -2.40. The van der Waals surface area contributed by atoms with Gasteiger partial charge in [-0.05, 0) is 43.7 Å². The molecule has 0 saturated carbocycles. The molecule has 0 fully saturated rings. The highest BCUT2D eigenvalue weighted by atomic mass is 16.6. The van der Waals surface area contributed by atoms with Gasteiger partial charge in [-0.3, -0.25) is 10.1 Å². The number of benzene rings is 1. The highest BCUT2D eigenvalue weighted by Crippen LogP contribution is 2.24. The van der Waals surface area contributed by atoms with E-state index in [0.717, 1.165) is 42.3 Å². The summed E-state index contributed by atoms with van der Waals surface area (Å²) in [4.78, 5) is 11.6. The maximum absolute atomic E-state index is 10.7. The van der Waals surface area contributed by atoms with Crippen molar-refractivity contribution in [2.75, 3.05) is 13.1 Å². The van der Waals surface area contributed by atoms with Crippen molar-refractivity contribution in [2.24, 2.45) is 0 Å². The third-order valence-electron chi connectivity index (χ3n) is 3.50. The van der Waals surface area contributed by atoms with Gasteiger partial charge in [0.1, 0.15) is 12.3 Å². The van der Waals surface area contributed by atoms with Crippen LogP contribution in [0, 0.1) is 10.1 Å². The number of quaternary nitrogens is 1. The van der Waals surface area contributed by atoms with Gasteiger partial charge in [-0.15, -0.1) is 0 Å². The summed E-state index contributed by atoms with van der Waals surface area (Å²) in [5, 5.41) is 10.7. The standard InChI is InChI=1S/C17H20N2O3/c1-4-18(11-13(2)3)12-16-9-10-17(22-16)14-5-7-15(8-6-14)19(20)21/h5-10H,2,4,11-12H2,1,3H3/p+1. The number of furan rings is 1. The van der Waals surface area contributed by atoms with Gasteiger partial charge in [-0.1, -0.05) is 6.58 Å². The van der Waals surface area contributed by atoms with E-state index in [4.69, 9.17) is 4.42 Å². The van der Waals surface area contributed by atoms with Gasteiger partial charge in [-0.2, -0.15) is 0 Å². The van der Waals surface area contributed by atoms with Crippen LogP contribution in [0.1, 0.15) is 19.6 Å². The Bertz CT molecular complexity index is 659. The van der Waals surface area contributed by atoms with Crippen molar-refractivity contribution in [3.8, 4) is 11.3 Å². The zero-order valence-corrected chi connectivity index (χ0v) is 13.0. The summed E-state index contributed by atoms with van der Waals surface area (Å²) in [5.74, 6) is 1.64. The van der Waals surface area contributed by atoms with E-state index in [1.54, 1.807) is 12.1 Å². The van der Waals surface area contributed by atoms with E-state index >= 15 is 0 Å². The van der Waals surface area contributed by atoms with Gasteiger partial charge in [0, 0.05) is 17.7 Å². The van der Waals surface area contributed by atoms with Crippen LogP contribution in [0.2, 0.25) is 0 Å². The molecule has 0 aliphatic carbocycles. The first kappa shape index (κ1) is 16.0. The molecule has 0 aliphatic rings. The van der Waals surface area contributed by atoms with E-state index in [9.17, 15) is 10.1 Å². The minimum Gasteiger partial charge on any atom is -0.455 e. The molecule has 1 aromatic heterocycles. The fourth-order valence-electron chi connectivity index (χ4n) is 2.36. The molecule has 0 amide bonds. The molecule has 2 rings (SSSR count). The van der Waals surface area contributed by atoms with Crippen molar-refractivity contribution >= 4 is 5.69 Å². The van der Waals surface area contributed by atoms with E-state index in [0.29, 0.717) is 0 Å². The fraction of sp³-hybridized carbons (Fsp3) is 0.294. The number of nitro benzene ring substituents is 1. The van der Waals surface area contributed by atoms with Crippen LogP contribution >= 0.6 is 0 Å². The SMILES string of the molecule is C=C(C)C[NH+](CC)Cc1ccc(-c2ccc([N+](=O)[O-])cc2)o1. The molecular formula is C17H21N2O3+. The molecule has 1 N–H and O–H groups in total. The van der Waals surface area contributed by atoms with Crippen LogP contribution in [0.15, 0.2) is 53.0 Å². The van der Waals surface area contributed by atoms with Crippen LogP contribution in [-0.2, 0) is 6.54 Å². The van der Waals surface area contributed by atoms with Crippen LogP contribution in [0.25, 0.3) is 11.3 Å². The molecule has 22 heavy (non-hydrogen) atoms. The molecular weight excluding hydrogens is 280 g/mol. The number of rotatable bonds is 7. The Morgan fingerprint density at radius 2 is 1.95 bits per heavy atom. The molecule has 5 nitrogen and oxygen atoms in total. The summed E-state index contributed by atoms with van der Waals surface area (Å²) in [6.07, 6.45) is 0. The second kappa shape index (κ2) is 7.04. The van der Waals surface area contributed by atoms with Crippen molar-refractivity contribution in [1.29, 1.82) is 0 Å². The summed E-state index contributed by atoms with van der Waals surface area (Å²) in [5.41, 5.74) is 2.08. The predicted molar refractivity (Wildman–Crippen MR) is 85.7 cm³/mol. The monoisotopic (exact) mass is 301 g/mol. The third-order valence-corrected chi connectivity index (χ3v) is 3.50. The van der Waals surface area contributed by atoms with E-state index in [1.807, 2.05) is 19.1 Å². The van der Waals surface area contributed by atoms with Crippen molar-refractivity contribution in [3.63, 3.8) is 0 Å². The lowest BCUT2D eigenvalue weighted by Gasteiger charge is -2.16. The number of likely N-dealkylation sites (N-methyl/N-ethyl adjacent to an activating group) is 1. The quantitative estimate of drug-likeness (QED) is 0.486. The number of hydrogen-bond donors (Lipinski definition) is 1. The molecule has 116 valence electrons. The highest BCUT2D eigenvalue weighted by Gasteiger charge is 2.12. The lowest BCUT2D eigenvalue weighted by Crippen LogP contribution is -3.10. The van der Waals surface area contributed by atoms with Gasteiger partial charge >= 0.3 is 0 Å². The normalized spacial score (nSPS) is 12.1. The van der Waals surface area contributed by atoms with Crippen molar-refractivity contribution in [3.05, 3.63) is 64.4 Å². The molecule has 1 heterocycles. The second-order valence-electron chi connectivity index (χ2n) is 5.48. The lowest BCUT2D eigenvalue weighted by molar-refractivity contribution is -0.908. The van der Waals surface area contributed by atoms with Gasteiger partial charge in [0.25, 0.3) is 5.69 Å². The van der Waals surface area contributed by atoms with Crippen molar-refractivity contribution < 1.29 is 14.2 Å². The molecule has 0 bridgehead atoms. The molecule has 0 radical (unpaired) electrons. The Morgan fingerprint density at radius 1 is 1.27 bits per heavy atom. The van der Waals surface area contributed by atoms with Gasteiger partial charge in [0.2, 0.25) is 0 Å².